The smallest absolute Gasteiger partial charge is 0.307 e. The van der Waals surface area contributed by atoms with Crippen LogP contribution in [0, 0.1) is 6.92 Å². The Morgan fingerprint density at radius 3 is 2.50 bits per heavy atom. The minimum atomic E-state index is -0.898. The van der Waals surface area contributed by atoms with Crippen LogP contribution in [0.1, 0.15) is 16.7 Å². The van der Waals surface area contributed by atoms with Crippen molar-refractivity contribution in [2.45, 2.75) is 19.8 Å². The van der Waals surface area contributed by atoms with E-state index in [1.165, 1.54) is 0 Å². The summed E-state index contributed by atoms with van der Waals surface area (Å²) in [6.45, 7) is 1.89. The van der Waals surface area contributed by atoms with Crippen molar-refractivity contribution in [2.75, 3.05) is 5.88 Å². The van der Waals surface area contributed by atoms with Crippen LogP contribution >= 0.6 is 11.6 Å². The number of carboxylic acid groups (broad SMARTS) is 1. The van der Waals surface area contributed by atoms with Crippen molar-refractivity contribution < 1.29 is 14.7 Å². The summed E-state index contributed by atoms with van der Waals surface area (Å²) in [5, 5.41) is 8.76. The maximum Gasteiger partial charge on any atom is 0.307 e. The van der Waals surface area contributed by atoms with E-state index in [1.54, 1.807) is 12.1 Å². The van der Waals surface area contributed by atoms with Gasteiger partial charge in [-0.05, 0) is 18.1 Å². The number of aryl methyl sites for hydroxylation is 1. The molecule has 16 heavy (non-hydrogen) atoms. The first-order chi connectivity index (χ1) is 7.52. The fourth-order valence-corrected chi connectivity index (χ4v) is 1.61. The number of hydrogen-bond acceptors (Lipinski definition) is 2. The zero-order valence-corrected chi connectivity index (χ0v) is 9.75. The van der Waals surface area contributed by atoms with Gasteiger partial charge in [0.2, 0.25) is 0 Å². The molecule has 0 aliphatic rings. The average Bonchev–Trinajstić information content (AvgIpc) is 2.21. The summed E-state index contributed by atoms with van der Waals surface area (Å²) in [6.07, 6.45) is 0.138. The standard InChI is InChI=1S/C12H13ClO3/c1-8-2-3-9(5-11(14)7-13)10(4-8)6-12(15)16/h2-4H,5-7H2,1H3,(H,15,16). The van der Waals surface area contributed by atoms with Gasteiger partial charge >= 0.3 is 5.97 Å². The van der Waals surface area contributed by atoms with Gasteiger partial charge in [0.1, 0.15) is 0 Å². The number of Topliss-reactive ketones (excluding diaryl/α,β-unsaturated/α-hetero) is 1. The zero-order chi connectivity index (χ0) is 12.1. The molecular weight excluding hydrogens is 228 g/mol. The molecule has 1 aromatic rings. The van der Waals surface area contributed by atoms with Gasteiger partial charge in [-0.25, -0.2) is 0 Å². The lowest BCUT2D eigenvalue weighted by atomic mass is 9.98. The molecule has 0 aliphatic heterocycles. The van der Waals surface area contributed by atoms with Crippen molar-refractivity contribution >= 4 is 23.4 Å². The number of ketones is 1. The Labute approximate surface area is 99.0 Å². The summed E-state index contributed by atoms with van der Waals surface area (Å²) in [5.41, 5.74) is 2.42. The lowest BCUT2D eigenvalue weighted by Crippen LogP contribution is -2.09. The van der Waals surface area contributed by atoms with E-state index < -0.39 is 5.97 Å². The van der Waals surface area contributed by atoms with E-state index in [-0.39, 0.29) is 24.5 Å². The Hall–Kier alpha value is -1.35. The van der Waals surface area contributed by atoms with Crippen molar-refractivity contribution in [3.05, 3.63) is 34.9 Å². The first kappa shape index (κ1) is 12.7. The number of aliphatic carboxylic acids is 1. The molecule has 1 rings (SSSR count). The van der Waals surface area contributed by atoms with Gasteiger partial charge in [0, 0.05) is 6.42 Å². The molecule has 0 saturated heterocycles. The molecule has 0 atom stereocenters. The van der Waals surface area contributed by atoms with Crippen LogP contribution in [0.4, 0.5) is 0 Å². The van der Waals surface area contributed by atoms with Crippen LogP contribution in [-0.2, 0) is 22.4 Å². The van der Waals surface area contributed by atoms with Gasteiger partial charge in [0.15, 0.2) is 5.78 Å². The van der Waals surface area contributed by atoms with Gasteiger partial charge in [-0.3, -0.25) is 9.59 Å². The van der Waals surface area contributed by atoms with Crippen molar-refractivity contribution in [1.29, 1.82) is 0 Å². The first-order valence-corrected chi connectivity index (χ1v) is 5.44. The van der Waals surface area contributed by atoms with Crippen molar-refractivity contribution in [3.63, 3.8) is 0 Å². The summed E-state index contributed by atoms with van der Waals surface area (Å²) in [5.74, 6) is -1.04. The second-order valence-corrected chi connectivity index (χ2v) is 3.96. The van der Waals surface area contributed by atoms with E-state index in [9.17, 15) is 9.59 Å². The van der Waals surface area contributed by atoms with Crippen molar-refractivity contribution in [1.82, 2.24) is 0 Å². The predicted molar refractivity (Wildman–Crippen MR) is 61.9 cm³/mol. The van der Waals surface area contributed by atoms with Gasteiger partial charge < -0.3 is 5.11 Å². The lowest BCUT2D eigenvalue weighted by molar-refractivity contribution is -0.136. The number of rotatable bonds is 5. The molecular formula is C12H13ClO3. The largest absolute Gasteiger partial charge is 0.481 e. The molecule has 0 bridgehead atoms. The quantitative estimate of drug-likeness (QED) is 0.801. The number of hydrogen-bond donors (Lipinski definition) is 1. The Kier molecular flexibility index (Phi) is 4.50. The van der Waals surface area contributed by atoms with Crippen LogP contribution in [0.2, 0.25) is 0 Å². The van der Waals surface area contributed by atoms with Crippen LogP contribution < -0.4 is 0 Å². The maximum absolute atomic E-state index is 11.2. The highest BCUT2D eigenvalue weighted by Gasteiger charge is 2.10. The molecule has 0 saturated carbocycles. The van der Waals surface area contributed by atoms with E-state index >= 15 is 0 Å². The fraction of sp³-hybridized carbons (Fsp3) is 0.333. The van der Waals surface area contributed by atoms with Crippen LogP contribution in [0.3, 0.4) is 0 Å². The van der Waals surface area contributed by atoms with Gasteiger partial charge in [0.05, 0.1) is 12.3 Å². The highest BCUT2D eigenvalue weighted by molar-refractivity contribution is 6.27. The summed E-state index contributed by atoms with van der Waals surface area (Å²) in [6, 6.07) is 5.45. The minimum Gasteiger partial charge on any atom is -0.481 e. The number of carbonyl (C=O) groups is 2. The molecule has 0 amide bonds. The first-order valence-electron chi connectivity index (χ1n) is 4.90. The van der Waals surface area contributed by atoms with Crippen LogP contribution in [-0.4, -0.2) is 22.7 Å². The number of carboxylic acids is 1. The third-order valence-corrected chi connectivity index (χ3v) is 2.54. The topological polar surface area (TPSA) is 54.4 Å². The normalized spacial score (nSPS) is 10.1. The number of carbonyl (C=O) groups excluding carboxylic acids is 1. The lowest BCUT2D eigenvalue weighted by Gasteiger charge is -2.07. The second-order valence-electron chi connectivity index (χ2n) is 3.69. The van der Waals surface area contributed by atoms with Gasteiger partial charge in [-0.1, -0.05) is 23.8 Å². The Morgan fingerprint density at radius 1 is 1.25 bits per heavy atom. The Bertz CT molecular complexity index is 413. The molecule has 0 heterocycles. The van der Waals surface area contributed by atoms with E-state index in [2.05, 4.69) is 0 Å². The minimum absolute atomic E-state index is 0.0413. The molecule has 0 fully saturated rings. The summed E-state index contributed by atoms with van der Waals surface area (Å²) >= 11 is 5.43. The van der Waals surface area contributed by atoms with Crippen molar-refractivity contribution in [3.8, 4) is 0 Å². The van der Waals surface area contributed by atoms with Gasteiger partial charge in [0.25, 0.3) is 0 Å². The molecule has 0 aromatic heterocycles. The average molecular weight is 241 g/mol. The highest BCUT2D eigenvalue weighted by atomic mass is 35.5. The Balaban J connectivity index is 2.97. The monoisotopic (exact) mass is 240 g/mol. The summed E-state index contributed by atoms with van der Waals surface area (Å²) < 4.78 is 0. The van der Waals surface area contributed by atoms with Gasteiger partial charge in [-0.15, -0.1) is 11.6 Å². The van der Waals surface area contributed by atoms with Crippen LogP contribution in [0.15, 0.2) is 18.2 Å². The molecule has 86 valence electrons. The third-order valence-electron chi connectivity index (χ3n) is 2.24. The molecule has 1 N–H and O–H groups in total. The Morgan fingerprint density at radius 2 is 1.94 bits per heavy atom. The zero-order valence-electron chi connectivity index (χ0n) is 9.00. The predicted octanol–water partition coefficient (Wildman–Crippen LogP) is 1.97. The van der Waals surface area contributed by atoms with Crippen molar-refractivity contribution in [2.24, 2.45) is 0 Å². The maximum atomic E-state index is 11.2. The highest BCUT2D eigenvalue weighted by Crippen LogP contribution is 2.14. The summed E-state index contributed by atoms with van der Waals surface area (Å²) in [4.78, 5) is 21.9. The third kappa shape index (κ3) is 3.66. The van der Waals surface area contributed by atoms with E-state index in [0.29, 0.717) is 5.56 Å². The molecule has 0 radical (unpaired) electrons. The molecule has 1 aromatic carbocycles. The van der Waals surface area contributed by atoms with Crippen LogP contribution in [0.25, 0.3) is 0 Å². The van der Waals surface area contributed by atoms with E-state index in [4.69, 9.17) is 16.7 Å². The molecule has 3 nitrogen and oxygen atoms in total. The number of benzene rings is 1. The number of alkyl halides is 1. The van der Waals surface area contributed by atoms with E-state index in [1.807, 2.05) is 13.0 Å². The van der Waals surface area contributed by atoms with E-state index in [0.717, 1.165) is 11.1 Å². The number of halogens is 1. The fourth-order valence-electron chi connectivity index (χ4n) is 1.51. The molecule has 0 aliphatic carbocycles. The molecule has 4 heteroatoms. The molecule has 0 spiro atoms. The van der Waals surface area contributed by atoms with Gasteiger partial charge in [-0.2, -0.15) is 0 Å². The van der Waals surface area contributed by atoms with Crippen LogP contribution in [0.5, 0.6) is 0 Å². The second kappa shape index (κ2) is 5.66. The SMILES string of the molecule is Cc1ccc(CC(=O)CCl)c(CC(=O)O)c1. The molecule has 0 unspecified atom stereocenters. The summed E-state index contributed by atoms with van der Waals surface area (Å²) in [7, 11) is 0.